The first-order chi connectivity index (χ1) is 10.2. The summed E-state index contributed by atoms with van der Waals surface area (Å²) in [4.78, 5) is 8.44. The van der Waals surface area contributed by atoms with Crippen LogP contribution in [-0.4, -0.2) is 17.1 Å². The van der Waals surface area contributed by atoms with Crippen molar-refractivity contribution in [3.05, 3.63) is 41.7 Å². The van der Waals surface area contributed by atoms with Crippen molar-refractivity contribution in [2.24, 2.45) is 5.84 Å². The number of nitrogens with two attached hydrogens (primary N) is 1. The van der Waals surface area contributed by atoms with Crippen LogP contribution in [0.25, 0.3) is 0 Å². The molecule has 0 amide bonds. The molecule has 21 heavy (non-hydrogen) atoms. The molecule has 2 aromatic rings. The summed E-state index contributed by atoms with van der Waals surface area (Å²) >= 11 is 0. The first-order valence-corrected chi connectivity index (χ1v) is 6.85. The number of nitrogens with zero attached hydrogens (tertiary/aromatic N) is 2. The van der Waals surface area contributed by atoms with E-state index in [0.29, 0.717) is 24.1 Å². The lowest BCUT2D eigenvalue weighted by Crippen LogP contribution is -2.11. The highest BCUT2D eigenvalue weighted by molar-refractivity contribution is 5.39. The van der Waals surface area contributed by atoms with Gasteiger partial charge in [0.25, 0.3) is 0 Å². The molecule has 1 aromatic carbocycles. The van der Waals surface area contributed by atoms with Gasteiger partial charge in [-0.05, 0) is 24.1 Å². The predicted molar refractivity (Wildman–Crippen MR) is 81.1 cm³/mol. The average Bonchev–Trinajstić information content (AvgIpc) is 2.49. The van der Waals surface area contributed by atoms with E-state index in [1.807, 2.05) is 12.1 Å². The Morgan fingerprint density at radius 1 is 1.19 bits per heavy atom. The maximum Gasteiger partial charge on any atom is 0.224 e. The summed E-state index contributed by atoms with van der Waals surface area (Å²) in [5.41, 5.74) is 3.78. The molecular formula is C15H20N4O2. The topological polar surface area (TPSA) is 82.3 Å². The van der Waals surface area contributed by atoms with E-state index in [0.717, 1.165) is 18.6 Å². The number of nitrogen functional groups attached to an aromatic ring is 1. The highest BCUT2D eigenvalue weighted by Gasteiger charge is 2.06. The molecule has 112 valence electrons. The van der Waals surface area contributed by atoms with Crippen molar-refractivity contribution in [2.75, 3.05) is 12.5 Å². The van der Waals surface area contributed by atoms with Crippen LogP contribution in [0.5, 0.6) is 11.6 Å². The number of rotatable bonds is 7. The van der Waals surface area contributed by atoms with Crippen molar-refractivity contribution in [1.82, 2.24) is 9.97 Å². The predicted octanol–water partition coefficient (Wildman–Crippen LogP) is 2.65. The quantitative estimate of drug-likeness (QED) is 0.602. The van der Waals surface area contributed by atoms with Gasteiger partial charge in [-0.1, -0.05) is 25.5 Å². The van der Waals surface area contributed by atoms with Crippen molar-refractivity contribution in [1.29, 1.82) is 0 Å². The molecule has 0 spiro atoms. The van der Waals surface area contributed by atoms with E-state index in [-0.39, 0.29) is 0 Å². The summed E-state index contributed by atoms with van der Waals surface area (Å²) in [6.07, 6.45) is 2.19. The third-order valence-corrected chi connectivity index (χ3v) is 2.85. The Bertz CT molecular complexity index is 572. The third kappa shape index (κ3) is 4.40. The van der Waals surface area contributed by atoms with Gasteiger partial charge in [0.15, 0.2) is 5.82 Å². The molecule has 1 aromatic heterocycles. The molecule has 3 N–H and O–H groups in total. The lowest BCUT2D eigenvalue weighted by Gasteiger charge is -2.09. The number of nitrogens with one attached hydrogen (secondary N) is 1. The van der Waals surface area contributed by atoms with Gasteiger partial charge in [0.2, 0.25) is 5.88 Å². The molecule has 6 nitrogen and oxygen atoms in total. The Morgan fingerprint density at radius 2 is 1.95 bits per heavy atom. The molecular weight excluding hydrogens is 268 g/mol. The first kappa shape index (κ1) is 15.2. The van der Waals surface area contributed by atoms with E-state index in [2.05, 4.69) is 34.5 Å². The normalized spacial score (nSPS) is 10.4. The van der Waals surface area contributed by atoms with E-state index in [1.165, 1.54) is 5.56 Å². The first-order valence-electron chi connectivity index (χ1n) is 6.85. The number of anilines is 1. The summed E-state index contributed by atoms with van der Waals surface area (Å²) in [6.45, 7) is 2.45. The molecule has 0 aliphatic heterocycles. The largest absolute Gasteiger partial charge is 0.439 e. The number of hydrogen-bond donors (Lipinski definition) is 2. The zero-order valence-corrected chi connectivity index (χ0v) is 12.3. The van der Waals surface area contributed by atoms with Crippen molar-refractivity contribution in [3.63, 3.8) is 0 Å². The molecule has 0 bridgehead atoms. The Labute approximate surface area is 124 Å². The minimum Gasteiger partial charge on any atom is -0.439 e. The molecule has 2 rings (SSSR count). The molecule has 6 heteroatoms. The van der Waals surface area contributed by atoms with Crippen LogP contribution in [0.3, 0.4) is 0 Å². The minimum atomic E-state index is 0.293. The van der Waals surface area contributed by atoms with Crippen molar-refractivity contribution >= 4 is 5.82 Å². The zero-order chi connectivity index (χ0) is 15.1. The lowest BCUT2D eigenvalue weighted by atomic mass is 10.1. The summed E-state index contributed by atoms with van der Waals surface area (Å²) in [7, 11) is 1.58. The highest BCUT2D eigenvalue weighted by atomic mass is 16.5. The number of aryl methyl sites for hydroxylation is 1. The van der Waals surface area contributed by atoms with Gasteiger partial charge in [0, 0.05) is 13.2 Å². The van der Waals surface area contributed by atoms with E-state index < -0.39 is 0 Å². The van der Waals surface area contributed by atoms with Crippen LogP contribution < -0.4 is 16.0 Å². The number of hydrazine groups is 1. The fraction of sp³-hybridized carbons (Fsp3) is 0.333. The van der Waals surface area contributed by atoms with Gasteiger partial charge in [-0.25, -0.2) is 10.8 Å². The van der Waals surface area contributed by atoms with Gasteiger partial charge >= 0.3 is 0 Å². The monoisotopic (exact) mass is 288 g/mol. The second-order valence-corrected chi connectivity index (χ2v) is 4.58. The van der Waals surface area contributed by atoms with Gasteiger partial charge in [-0.15, -0.1) is 0 Å². The van der Waals surface area contributed by atoms with Gasteiger partial charge in [0.05, 0.1) is 0 Å². The molecule has 0 unspecified atom stereocenters. The molecule has 0 saturated carbocycles. The van der Waals surface area contributed by atoms with Gasteiger partial charge in [-0.3, -0.25) is 0 Å². The van der Waals surface area contributed by atoms with E-state index >= 15 is 0 Å². The second-order valence-electron chi connectivity index (χ2n) is 4.58. The van der Waals surface area contributed by atoms with Crippen LogP contribution in [-0.2, 0) is 17.8 Å². The number of benzene rings is 1. The van der Waals surface area contributed by atoms with Crippen LogP contribution in [0, 0.1) is 0 Å². The standard InChI is InChI=1S/C15H20N4O2/c1-3-4-11-5-7-12(8-6-11)21-15-9-13(19-16)17-14(18-15)10-20-2/h5-9H,3-4,10,16H2,1-2H3,(H,17,18,19). The summed E-state index contributed by atoms with van der Waals surface area (Å²) in [5, 5.41) is 0. The molecule has 0 aliphatic carbocycles. The SMILES string of the molecule is CCCc1ccc(Oc2cc(NN)nc(COC)n2)cc1. The van der Waals surface area contributed by atoms with E-state index in [1.54, 1.807) is 13.2 Å². The van der Waals surface area contributed by atoms with Crippen molar-refractivity contribution in [2.45, 2.75) is 26.4 Å². The van der Waals surface area contributed by atoms with Gasteiger partial charge in [-0.2, -0.15) is 4.98 Å². The Balaban J connectivity index is 2.15. The third-order valence-electron chi connectivity index (χ3n) is 2.85. The summed E-state index contributed by atoms with van der Waals surface area (Å²) in [5.74, 6) is 7.53. The maximum atomic E-state index is 5.74. The van der Waals surface area contributed by atoms with E-state index in [4.69, 9.17) is 15.3 Å². The van der Waals surface area contributed by atoms with Crippen molar-refractivity contribution < 1.29 is 9.47 Å². The molecule has 0 saturated heterocycles. The molecule has 0 radical (unpaired) electrons. The highest BCUT2D eigenvalue weighted by Crippen LogP contribution is 2.22. The van der Waals surface area contributed by atoms with Crippen LogP contribution in [0.1, 0.15) is 24.7 Å². The maximum absolute atomic E-state index is 5.74. The molecule has 0 fully saturated rings. The fourth-order valence-corrected chi connectivity index (χ4v) is 1.93. The van der Waals surface area contributed by atoms with E-state index in [9.17, 15) is 0 Å². The number of ether oxygens (including phenoxy) is 2. The minimum absolute atomic E-state index is 0.293. The Hall–Kier alpha value is -2.18. The summed E-state index contributed by atoms with van der Waals surface area (Å²) in [6, 6.07) is 9.60. The second kappa shape index (κ2) is 7.56. The Morgan fingerprint density at radius 3 is 2.57 bits per heavy atom. The molecule has 0 atom stereocenters. The fourth-order valence-electron chi connectivity index (χ4n) is 1.93. The van der Waals surface area contributed by atoms with Crippen LogP contribution >= 0.6 is 0 Å². The number of aromatic nitrogens is 2. The lowest BCUT2D eigenvalue weighted by molar-refractivity contribution is 0.177. The number of hydrogen-bond acceptors (Lipinski definition) is 6. The average molecular weight is 288 g/mol. The molecule has 0 aliphatic rings. The Kier molecular flexibility index (Phi) is 5.48. The number of methoxy groups -OCH3 is 1. The summed E-state index contributed by atoms with van der Waals surface area (Å²) < 4.78 is 10.8. The van der Waals surface area contributed by atoms with Crippen molar-refractivity contribution in [3.8, 4) is 11.6 Å². The van der Waals surface area contributed by atoms with Crippen LogP contribution in [0.15, 0.2) is 30.3 Å². The van der Waals surface area contributed by atoms with Gasteiger partial charge in [0.1, 0.15) is 18.2 Å². The zero-order valence-electron chi connectivity index (χ0n) is 12.3. The van der Waals surface area contributed by atoms with Crippen LogP contribution in [0.2, 0.25) is 0 Å². The van der Waals surface area contributed by atoms with Gasteiger partial charge < -0.3 is 14.9 Å². The molecule has 1 heterocycles. The smallest absolute Gasteiger partial charge is 0.224 e. The van der Waals surface area contributed by atoms with Crippen LogP contribution in [0.4, 0.5) is 5.82 Å².